The smallest absolute Gasteiger partial charge is 0.220 e. The summed E-state index contributed by atoms with van der Waals surface area (Å²) in [6.07, 6.45) is 2.41. The normalized spacial score (nSPS) is 17.8. The molecule has 1 saturated heterocycles. The van der Waals surface area contributed by atoms with Crippen LogP contribution in [0.2, 0.25) is 0 Å². The SMILES string of the molecule is CC(NC(=O)CC1CCNCC1)c1cc(F)ccc1F. The topological polar surface area (TPSA) is 41.1 Å². The van der Waals surface area contributed by atoms with Crippen LogP contribution in [0.15, 0.2) is 18.2 Å². The molecule has 5 heteroatoms. The predicted octanol–water partition coefficient (Wildman–Crippen LogP) is 2.53. The first-order valence-corrected chi connectivity index (χ1v) is 7.01. The zero-order valence-electron chi connectivity index (χ0n) is 11.6. The fraction of sp³-hybridized carbons (Fsp3) is 0.533. The average molecular weight is 282 g/mol. The monoisotopic (exact) mass is 282 g/mol. The number of rotatable bonds is 4. The van der Waals surface area contributed by atoms with Crippen LogP contribution >= 0.6 is 0 Å². The summed E-state index contributed by atoms with van der Waals surface area (Å²) in [4.78, 5) is 11.9. The van der Waals surface area contributed by atoms with Crippen molar-refractivity contribution < 1.29 is 13.6 Å². The van der Waals surface area contributed by atoms with E-state index in [1.54, 1.807) is 6.92 Å². The van der Waals surface area contributed by atoms with Crippen molar-refractivity contribution in [2.24, 2.45) is 5.92 Å². The standard InChI is InChI=1S/C15H20F2N2O/c1-10(13-9-12(16)2-3-14(13)17)19-15(20)8-11-4-6-18-7-5-11/h2-3,9-11,18H,4-8H2,1H3,(H,19,20). The molecule has 0 aromatic heterocycles. The zero-order valence-corrected chi connectivity index (χ0v) is 11.6. The maximum Gasteiger partial charge on any atom is 0.220 e. The second kappa shape index (κ2) is 6.79. The molecule has 1 amide bonds. The van der Waals surface area contributed by atoms with E-state index in [1.165, 1.54) is 0 Å². The average Bonchev–Trinajstić information content (AvgIpc) is 2.42. The van der Waals surface area contributed by atoms with Crippen molar-refractivity contribution in [2.45, 2.75) is 32.2 Å². The van der Waals surface area contributed by atoms with E-state index >= 15 is 0 Å². The van der Waals surface area contributed by atoms with Crippen molar-refractivity contribution in [1.29, 1.82) is 0 Å². The molecule has 2 N–H and O–H groups in total. The number of amides is 1. The lowest BCUT2D eigenvalue weighted by molar-refractivity contribution is -0.122. The van der Waals surface area contributed by atoms with Gasteiger partial charge in [-0.3, -0.25) is 4.79 Å². The minimum atomic E-state index is -0.528. The van der Waals surface area contributed by atoms with Crippen LogP contribution in [0.25, 0.3) is 0 Å². The second-order valence-corrected chi connectivity index (χ2v) is 5.35. The Morgan fingerprint density at radius 1 is 1.40 bits per heavy atom. The number of carbonyl (C=O) groups excluding carboxylic acids is 1. The molecule has 0 aliphatic carbocycles. The summed E-state index contributed by atoms with van der Waals surface area (Å²) in [7, 11) is 0. The highest BCUT2D eigenvalue weighted by Crippen LogP contribution is 2.20. The van der Waals surface area contributed by atoms with Crippen molar-refractivity contribution >= 4 is 5.91 Å². The van der Waals surface area contributed by atoms with Gasteiger partial charge >= 0.3 is 0 Å². The van der Waals surface area contributed by atoms with Crippen LogP contribution in [0.3, 0.4) is 0 Å². The molecule has 1 heterocycles. The largest absolute Gasteiger partial charge is 0.349 e. The number of halogens is 2. The molecule has 2 rings (SSSR count). The third-order valence-electron chi connectivity index (χ3n) is 3.73. The fourth-order valence-corrected chi connectivity index (χ4v) is 2.57. The second-order valence-electron chi connectivity index (χ2n) is 5.35. The fourth-order valence-electron chi connectivity index (χ4n) is 2.57. The molecule has 1 atom stereocenters. The van der Waals surface area contributed by atoms with Crippen molar-refractivity contribution in [2.75, 3.05) is 13.1 Å². The van der Waals surface area contributed by atoms with Gasteiger partial charge in [-0.05, 0) is 57.0 Å². The summed E-state index contributed by atoms with van der Waals surface area (Å²) in [6, 6.07) is 2.76. The van der Waals surface area contributed by atoms with E-state index in [0.717, 1.165) is 44.1 Å². The van der Waals surface area contributed by atoms with Crippen LogP contribution in [-0.4, -0.2) is 19.0 Å². The molecule has 1 aliphatic rings. The Kier molecular flexibility index (Phi) is 5.06. The molecule has 1 fully saturated rings. The van der Waals surface area contributed by atoms with Crippen LogP contribution in [0.5, 0.6) is 0 Å². The molecule has 0 bridgehead atoms. The minimum absolute atomic E-state index is 0.104. The van der Waals surface area contributed by atoms with Gasteiger partial charge in [0.2, 0.25) is 5.91 Å². The highest BCUT2D eigenvalue weighted by molar-refractivity contribution is 5.76. The Labute approximate surface area is 117 Å². The molecule has 0 radical (unpaired) electrons. The Balaban J connectivity index is 1.91. The van der Waals surface area contributed by atoms with Gasteiger partial charge in [0.05, 0.1) is 6.04 Å². The highest BCUT2D eigenvalue weighted by atomic mass is 19.1. The zero-order chi connectivity index (χ0) is 14.5. The highest BCUT2D eigenvalue weighted by Gasteiger charge is 2.19. The molecule has 1 unspecified atom stereocenters. The van der Waals surface area contributed by atoms with Crippen molar-refractivity contribution in [3.05, 3.63) is 35.4 Å². The van der Waals surface area contributed by atoms with Crippen molar-refractivity contribution in [3.8, 4) is 0 Å². The summed E-state index contributed by atoms with van der Waals surface area (Å²) in [5.41, 5.74) is 0.184. The van der Waals surface area contributed by atoms with Gasteiger partial charge < -0.3 is 10.6 Å². The van der Waals surface area contributed by atoms with Gasteiger partial charge in [0.15, 0.2) is 0 Å². The van der Waals surface area contributed by atoms with E-state index in [-0.39, 0.29) is 11.5 Å². The molecule has 0 saturated carbocycles. The molecular weight excluding hydrogens is 262 g/mol. The van der Waals surface area contributed by atoms with E-state index in [0.29, 0.717) is 12.3 Å². The van der Waals surface area contributed by atoms with Crippen LogP contribution in [0, 0.1) is 17.6 Å². The Morgan fingerprint density at radius 3 is 2.80 bits per heavy atom. The quantitative estimate of drug-likeness (QED) is 0.891. The molecule has 0 spiro atoms. The van der Waals surface area contributed by atoms with E-state index < -0.39 is 17.7 Å². The van der Waals surface area contributed by atoms with Gasteiger partial charge in [-0.1, -0.05) is 0 Å². The summed E-state index contributed by atoms with van der Waals surface area (Å²) in [5, 5.41) is 5.99. The van der Waals surface area contributed by atoms with Gasteiger partial charge in [-0.2, -0.15) is 0 Å². The van der Waals surface area contributed by atoms with E-state index in [4.69, 9.17) is 0 Å². The first-order valence-electron chi connectivity index (χ1n) is 7.01. The third-order valence-corrected chi connectivity index (χ3v) is 3.73. The van der Waals surface area contributed by atoms with Gasteiger partial charge in [0.1, 0.15) is 11.6 Å². The van der Waals surface area contributed by atoms with Crippen molar-refractivity contribution in [1.82, 2.24) is 10.6 Å². The first-order chi connectivity index (χ1) is 9.56. The summed E-state index contributed by atoms with van der Waals surface area (Å²) in [5.74, 6) is -0.726. The Morgan fingerprint density at radius 2 is 2.10 bits per heavy atom. The predicted molar refractivity (Wildman–Crippen MR) is 73.1 cm³/mol. The Bertz CT molecular complexity index is 473. The van der Waals surface area contributed by atoms with Crippen LogP contribution in [0.4, 0.5) is 8.78 Å². The molecule has 1 aliphatic heterocycles. The maximum atomic E-state index is 13.6. The Hall–Kier alpha value is -1.49. The molecule has 1 aromatic carbocycles. The maximum absolute atomic E-state index is 13.6. The summed E-state index contributed by atoms with van der Waals surface area (Å²) >= 11 is 0. The van der Waals surface area contributed by atoms with Crippen LogP contribution < -0.4 is 10.6 Å². The lowest BCUT2D eigenvalue weighted by Gasteiger charge is -2.23. The summed E-state index contributed by atoms with van der Waals surface area (Å²) in [6.45, 7) is 3.54. The third kappa shape index (κ3) is 4.00. The van der Waals surface area contributed by atoms with Gasteiger partial charge in [-0.25, -0.2) is 8.78 Å². The number of nitrogens with one attached hydrogen (secondary N) is 2. The molecule has 3 nitrogen and oxygen atoms in total. The molecule has 1 aromatic rings. The summed E-state index contributed by atoms with van der Waals surface area (Å²) < 4.78 is 26.7. The lowest BCUT2D eigenvalue weighted by atomic mass is 9.94. The number of benzene rings is 1. The van der Waals surface area contributed by atoms with E-state index in [9.17, 15) is 13.6 Å². The first kappa shape index (κ1) is 14.9. The van der Waals surface area contributed by atoms with Gasteiger partial charge in [0.25, 0.3) is 0 Å². The van der Waals surface area contributed by atoms with Crippen LogP contribution in [0.1, 0.15) is 37.8 Å². The number of hydrogen-bond acceptors (Lipinski definition) is 2. The van der Waals surface area contributed by atoms with E-state index in [2.05, 4.69) is 10.6 Å². The van der Waals surface area contributed by atoms with Crippen LogP contribution in [-0.2, 0) is 4.79 Å². The van der Waals surface area contributed by atoms with Gasteiger partial charge in [-0.15, -0.1) is 0 Å². The molecular formula is C15H20F2N2O. The van der Waals surface area contributed by atoms with E-state index in [1.807, 2.05) is 0 Å². The molecule has 20 heavy (non-hydrogen) atoms. The minimum Gasteiger partial charge on any atom is -0.349 e. The number of carbonyl (C=O) groups is 1. The van der Waals surface area contributed by atoms with Gasteiger partial charge in [0, 0.05) is 12.0 Å². The lowest BCUT2D eigenvalue weighted by Crippen LogP contribution is -2.33. The van der Waals surface area contributed by atoms with Crippen molar-refractivity contribution in [3.63, 3.8) is 0 Å². The molecule has 110 valence electrons. The number of hydrogen-bond donors (Lipinski definition) is 2. The number of piperidine rings is 1.